The molecule has 12 rings (SSSR count). The van der Waals surface area contributed by atoms with Gasteiger partial charge in [0.05, 0.1) is 27.8 Å². The maximum atomic E-state index is 6.67. The Labute approximate surface area is 320 Å². The van der Waals surface area contributed by atoms with Crippen LogP contribution in [0.15, 0.2) is 192 Å². The molecule has 0 saturated carbocycles. The second kappa shape index (κ2) is 11.9. The number of hydrogen-bond donors (Lipinski definition) is 0. The first-order valence-corrected chi connectivity index (χ1v) is 18.8. The van der Waals surface area contributed by atoms with E-state index in [1.54, 1.807) is 0 Å². The fraction of sp³-hybridized carbons (Fsp3) is 0. The molecule has 0 fully saturated rings. The lowest BCUT2D eigenvalue weighted by molar-refractivity contribution is 0.671. The molecule has 6 nitrogen and oxygen atoms in total. The fourth-order valence-corrected chi connectivity index (χ4v) is 8.75. The van der Waals surface area contributed by atoms with E-state index >= 15 is 0 Å². The molecule has 0 radical (unpaired) electrons. The number of aromatic nitrogens is 5. The van der Waals surface area contributed by atoms with Gasteiger partial charge in [-0.05, 0) is 60.7 Å². The minimum absolute atomic E-state index is 0.835. The molecular formula is C50H31N5O. The summed E-state index contributed by atoms with van der Waals surface area (Å²) < 4.78 is 13.4. The van der Waals surface area contributed by atoms with Gasteiger partial charge in [0.2, 0.25) is 0 Å². The first kappa shape index (κ1) is 30.7. The van der Waals surface area contributed by atoms with Crippen molar-refractivity contribution in [3.8, 4) is 39.6 Å². The average molecular weight is 718 g/mol. The fourth-order valence-electron chi connectivity index (χ4n) is 8.75. The van der Waals surface area contributed by atoms with Gasteiger partial charge in [-0.1, -0.05) is 133 Å². The summed E-state index contributed by atoms with van der Waals surface area (Å²) in [6.45, 7) is 0. The van der Waals surface area contributed by atoms with Crippen LogP contribution in [-0.2, 0) is 0 Å². The third-order valence-corrected chi connectivity index (χ3v) is 11.2. The molecule has 4 heterocycles. The maximum absolute atomic E-state index is 6.67. The Morgan fingerprint density at radius 1 is 0.393 bits per heavy atom. The maximum Gasteiger partial charge on any atom is 0.160 e. The van der Waals surface area contributed by atoms with Gasteiger partial charge >= 0.3 is 0 Å². The Balaban J connectivity index is 1.12. The quantitative estimate of drug-likeness (QED) is 0.178. The molecule has 0 unspecified atom stereocenters. The summed E-state index contributed by atoms with van der Waals surface area (Å²) in [6.07, 6.45) is 0. The van der Waals surface area contributed by atoms with E-state index in [0.717, 1.165) is 89.0 Å². The summed E-state index contributed by atoms with van der Waals surface area (Å²) in [4.78, 5) is 0. The summed E-state index contributed by atoms with van der Waals surface area (Å²) in [7, 11) is 0. The standard InChI is InChI=1S/C50H31N5O/c1-3-14-32(15-4-1)47-48(55(52-51-47)34-16-5-2-6-17-34)33-26-27-39-37-20-7-10-23-43(37)53(45(39)30-33)35-18-13-19-36(31-35)54-44-24-11-8-21-38(44)41-28-29-42-40-22-9-12-25-46(40)56-50(42)49(41)54/h1-31H. The second-order valence-electron chi connectivity index (χ2n) is 14.3. The Kier molecular flexibility index (Phi) is 6.53. The first-order valence-electron chi connectivity index (χ1n) is 18.8. The van der Waals surface area contributed by atoms with E-state index < -0.39 is 0 Å². The van der Waals surface area contributed by atoms with Crippen molar-refractivity contribution < 1.29 is 4.42 Å². The van der Waals surface area contributed by atoms with Crippen molar-refractivity contribution in [3.63, 3.8) is 0 Å². The van der Waals surface area contributed by atoms with Crippen LogP contribution in [0.3, 0.4) is 0 Å². The van der Waals surface area contributed by atoms with Gasteiger partial charge in [0.15, 0.2) is 5.58 Å². The van der Waals surface area contributed by atoms with Crippen LogP contribution in [0.25, 0.3) is 105 Å². The van der Waals surface area contributed by atoms with E-state index in [1.165, 1.54) is 16.2 Å². The lowest BCUT2D eigenvalue weighted by Crippen LogP contribution is -2.00. The second-order valence-corrected chi connectivity index (χ2v) is 14.3. The highest BCUT2D eigenvalue weighted by Gasteiger charge is 2.22. The van der Waals surface area contributed by atoms with Crippen molar-refractivity contribution >= 4 is 65.6 Å². The van der Waals surface area contributed by atoms with Crippen molar-refractivity contribution in [3.05, 3.63) is 188 Å². The van der Waals surface area contributed by atoms with Crippen molar-refractivity contribution in [2.45, 2.75) is 0 Å². The van der Waals surface area contributed by atoms with Gasteiger partial charge < -0.3 is 13.6 Å². The number of benzene rings is 8. The van der Waals surface area contributed by atoms with Crippen LogP contribution in [0.2, 0.25) is 0 Å². The molecule has 0 bridgehead atoms. The molecule has 0 aliphatic carbocycles. The number of hydrogen-bond acceptors (Lipinski definition) is 3. The van der Waals surface area contributed by atoms with Crippen LogP contribution < -0.4 is 0 Å². The molecule has 0 saturated heterocycles. The highest BCUT2D eigenvalue weighted by atomic mass is 16.3. The largest absolute Gasteiger partial charge is 0.454 e. The third-order valence-electron chi connectivity index (χ3n) is 11.2. The van der Waals surface area contributed by atoms with E-state index in [0.29, 0.717) is 0 Å². The summed E-state index contributed by atoms with van der Waals surface area (Å²) in [5, 5.41) is 16.4. The lowest BCUT2D eigenvalue weighted by Gasteiger charge is -2.14. The number of rotatable bonds is 5. The lowest BCUT2D eigenvalue weighted by atomic mass is 10.0. The van der Waals surface area contributed by atoms with E-state index in [-0.39, 0.29) is 0 Å². The molecule has 6 heteroatoms. The van der Waals surface area contributed by atoms with Crippen LogP contribution in [0.5, 0.6) is 0 Å². The summed E-state index contributed by atoms with van der Waals surface area (Å²) in [6, 6.07) is 66.2. The molecule has 262 valence electrons. The summed E-state index contributed by atoms with van der Waals surface area (Å²) in [5.74, 6) is 0. The predicted molar refractivity (Wildman–Crippen MR) is 228 cm³/mol. The van der Waals surface area contributed by atoms with Crippen molar-refractivity contribution in [2.75, 3.05) is 0 Å². The van der Waals surface area contributed by atoms with Gasteiger partial charge in [0, 0.05) is 54.8 Å². The molecule has 4 aromatic heterocycles. The molecule has 56 heavy (non-hydrogen) atoms. The van der Waals surface area contributed by atoms with Crippen LogP contribution in [0.1, 0.15) is 0 Å². The van der Waals surface area contributed by atoms with Crippen molar-refractivity contribution in [1.29, 1.82) is 0 Å². The van der Waals surface area contributed by atoms with Gasteiger partial charge in [-0.25, -0.2) is 4.68 Å². The number of nitrogens with zero attached hydrogens (tertiary/aromatic N) is 5. The zero-order valence-corrected chi connectivity index (χ0v) is 30.0. The molecule has 0 aliphatic heterocycles. The topological polar surface area (TPSA) is 53.7 Å². The Morgan fingerprint density at radius 2 is 0.982 bits per heavy atom. The zero-order valence-electron chi connectivity index (χ0n) is 30.0. The molecule has 0 atom stereocenters. The number of fused-ring (bicyclic) bond motifs is 10. The van der Waals surface area contributed by atoms with Gasteiger partial charge in [0.1, 0.15) is 17.0 Å². The van der Waals surface area contributed by atoms with Crippen LogP contribution in [0, 0.1) is 0 Å². The predicted octanol–water partition coefficient (Wildman–Crippen LogP) is 12.7. The van der Waals surface area contributed by atoms with E-state index in [1.807, 2.05) is 47.1 Å². The van der Waals surface area contributed by atoms with Crippen LogP contribution in [0.4, 0.5) is 0 Å². The molecule has 12 aromatic rings. The Morgan fingerprint density at radius 3 is 1.79 bits per heavy atom. The normalized spacial score (nSPS) is 11.9. The van der Waals surface area contributed by atoms with E-state index in [2.05, 4.69) is 155 Å². The minimum Gasteiger partial charge on any atom is -0.454 e. The summed E-state index contributed by atoms with van der Waals surface area (Å²) in [5.41, 5.74) is 13.1. The van der Waals surface area contributed by atoms with Crippen LogP contribution >= 0.6 is 0 Å². The van der Waals surface area contributed by atoms with Crippen LogP contribution in [-0.4, -0.2) is 24.1 Å². The molecule has 0 amide bonds. The molecule has 0 aliphatic rings. The average Bonchev–Trinajstić information content (AvgIpc) is 4.04. The Bertz CT molecular complexity index is 3420. The highest BCUT2D eigenvalue weighted by Crippen LogP contribution is 2.42. The van der Waals surface area contributed by atoms with E-state index in [4.69, 9.17) is 14.7 Å². The summed E-state index contributed by atoms with van der Waals surface area (Å²) >= 11 is 0. The van der Waals surface area contributed by atoms with Crippen molar-refractivity contribution in [2.24, 2.45) is 0 Å². The third kappa shape index (κ3) is 4.44. The van der Waals surface area contributed by atoms with E-state index in [9.17, 15) is 0 Å². The molecule has 8 aromatic carbocycles. The molecule has 0 N–H and O–H groups in total. The first-order chi connectivity index (χ1) is 27.8. The highest BCUT2D eigenvalue weighted by molar-refractivity contribution is 6.21. The smallest absolute Gasteiger partial charge is 0.160 e. The monoisotopic (exact) mass is 717 g/mol. The van der Waals surface area contributed by atoms with Gasteiger partial charge in [-0.3, -0.25) is 0 Å². The minimum atomic E-state index is 0.835. The van der Waals surface area contributed by atoms with Crippen molar-refractivity contribution in [1.82, 2.24) is 24.1 Å². The molecular weight excluding hydrogens is 687 g/mol. The van der Waals surface area contributed by atoms with Gasteiger partial charge in [-0.15, -0.1) is 5.10 Å². The Hall–Kier alpha value is -7.70. The SMILES string of the molecule is c1ccc(-c2nnn(-c3ccccc3)c2-c2ccc3c4ccccc4n(-c4cccc(-n5c6ccccc6c6ccc7c8ccccc8oc7c65)c4)c3c2)cc1. The zero-order chi connectivity index (χ0) is 36.7. The number of furan rings is 1. The number of para-hydroxylation sites is 4. The van der Waals surface area contributed by atoms with Gasteiger partial charge in [0.25, 0.3) is 0 Å². The molecule has 0 spiro atoms. The van der Waals surface area contributed by atoms with Gasteiger partial charge in [-0.2, -0.15) is 0 Å².